The Labute approximate surface area is 169 Å². The standard InChI is InChI=1S/C18H17BrClFN4O2/c1-2-26-16-6-11(8-22-18-23-10-24-25-18)13(19)7-17(16)27-9-12-14(20)4-3-5-15(12)21/h3-7,10H,2,8-9H2,1H3,(H2,22,23,24,25). The van der Waals surface area contributed by atoms with E-state index in [1.54, 1.807) is 18.2 Å². The summed E-state index contributed by atoms with van der Waals surface area (Å²) in [7, 11) is 0. The first kappa shape index (κ1) is 19.4. The SMILES string of the molecule is CCOc1cc(CNc2ncn[nH]2)c(Br)cc1OCc1c(F)cccc1Cl. The Balaban J connectivity index is 1.78. The van der Waals surface area contributed by atoms with Crippen LogP contribution in [-0.4, -0.2) is 21.8 Å². The molecule has 0 bridgehead atoms. The Morgan fingerprint density at radius 3 is 2.78 bits per heavy atom. The van der Waals surface area contributed by atoms with Crippen molar-refractivity contribution >= 4 is 33.5 Å². The summed E-state index contributed by atoms with van der Waals surface area (Å²) in [5.41, 5.74) is 1.24. The molecule has 0 atom stereocenters. The lowest BCUT2D eigenvalue weighted by Gasteiger charge is -2.16. The largest absolute Gasteiger partial charge is 0.490 e. The number of anilines is 1. The van der Waals surface area contributed by atoms with Crippen molar-refractivity contribution < 1.29 is 13.9 Å². The molecule has 0 fully saturated rings. The third kappa shape index (κ3) is 4.90. The molecular formula is C18H17BrClFN4O2. The van der Waals surface area contributed by atoms with Crippen molar-refractivity contribution in [2.45, 2.75) is 20.1 Å². The van der Waals surface area contributed by atoms with Gasteiger partial charge in [0.1, 0.15) is 18.8 Å². The fraction of sp³-hybridized carbons (Fsp3) is 0.222. The first-order chi connectivity index (χ1) is 13.1. The molecule has 2 aromatic carbocycles. The molecule has 6 nitrogen and oxygen atoms in total. The molecule has 0 unspecified atom stereocenters. The van der Waals surface area contributed by atoms with Gasteiger partial charge in [-0.2, -0.15) is 5.10 Å². The monoisotopic (exact) mass is 454 g/mol. The van der Waals surface area contributed by atoms with Gasteiger partial charge in [-0.3, -0.25) is 0 Å². The van der Waals surface area contributed by atoms with Gasteiger partial charge in [0.2, 0.25) is 5.95 Å². The number of benzene rings is 2. The molecule has 0 saturated heterocycles. The van der Waals surface area contributed by atoms with Gasteiger partial charge in [0.15, 0.2) is 11.5 Å². The minimum Gasteiger partial charge on any atom is -0.490 e. The van der Waals surface area contributed by atoms with E-state index in [-0.39, 0.29) is 6.61 Å². The number of nitrogens with zero attached hydrogens (tertiary/aromatic N) is 2. The topological polar surface area (TPSA) is 72.1 Å². The molecule has 2 N–H and O–H groups in total. The van der Waals surface area contributed by atoms with Gasteiger partial charge in [-0.15, -0.1) is 0 Å². The Kier molecular flexibility index (Phi) is 6.52. The molecule has 3 aromatic rings. The summed E-state index contributed by atoms with van der Waals surface area (Å²) in [6.45, 7) is 2.84. The van der Waals surface area contributed by atoms with Crippen LogP contribution in [0.1, 0.15) is 18.1 Å². The molecule has 9 heteroatoms. The average molecular weight is 456 g/mol. The van der Waals surface area contributed by atoms with Gasteiger partial charge >= 0.3 is 0 Å². The predicted octanol–water partition coefficient (Wildman–Crippen LogP) is 4.95. The van der Waals surface area contributed by atoms with Crippen LogP contribution in [0.15, 0.2) is 41.1 Å². The lowest BCUT2D eigenvalue weighted by atomic mass is 10.2. The van der Waals surface area contributed by atoms with Gasteiger partial charge in [0.05, 0.1) is 11.6 Å². The van der Waals surface area contributed by atoms with Crippen LogP contribution in [0.3, 0.4) is 0 Å². The minimum atomic E-state index is -0.410. The lowest BCUT2D eigenvalue weighted by molar-refractivity contribution is 0.265. The second-order valence-electron chi connectivity index (χ2n) is 5.50. The maximum absolute atomic E-state index is 14.0. The predicted molar refractivity (Wildman–Crippen MR) is 105 cm³/mol. The molecule has 27 heavy (non-hydrogen) atoms. The van der Waals surface area contributed by atoms with Crippen LogP contribution in [0, 0.1) is 5.82 Å². The van der Waals surface area contributed by atoms with Crippen molar-refractivity contribution in [3.8, 4) is 11.5 Å². The van der Waals surface area contributed by atoms with Crippen molar-refractivity contribution in [3.05, 3.63) is 63.1 Å². The highest BCUT2D eigenvalue weighted by Gasteiger charge is 2.14. The molecule has 0 aliphatic heterocycles. The molecule has 142 valence electrons. The van der Waals surface area contributed by atoms with E-state index in [1.807, 2.05) is 13.0 Å². The number of aromatic nitrogens is 3. The fourth-order valence-electron chi connectivity index (χ4n) is 2.38. The van der Waals surface area contributed by atoms with Crippen molar-refractivity contribution in [3.63, 3.8) is 0 Å². The third-order valence-electron chi connectivity index (χ3n) is 3.71. The van der Waals surface area contributed by atoms with Crippen LogP contribution >= 0.6 is 27.5 Å². The molecule has 0 radical (unpaired) electrons. The van der Waals surface area contributed by atoms with Crippen molar-refractivity contribution in [2.24, 2.45) is 0 Å². The van der Waals surface area contributed by atoms with Crippen LogP contribution in [0.2, 0.25) is 5.02 Å². The molecule has 1 aromatic heterocycles. The quantitative estimate of drug-likeness (QED) is 0.503. The lowest BCUT2D eigenvalue weighted by Crippen LogP contribution is -2.05. The van der Waals surface area contributed by atoms with Crippen LogP contribution in [-0.2, 0) is 13.2 Å². The van der Waals surface area contributed by atoms with Gasteiger partial charge < -0.3 is 14.8 Å². The van der Waals surface area contributed by atoms with E-state index in [4.69, 9.17) is 21.1 Å². The highest BCUT2D eigenvalue weighted by atomic mass is 79.9. The van der Waals surface area contributed by atoms with Gasteiger partial charge in [-0.25, -0.2) is 14.5 Å². The number of hydrogen-bond acceptors (Lipinski definition) is 5. The normalized spacial score (nSPS) is 10.7. The summed E-state index contributed by atoms with van der Waals surface area (Å²) >= 11 is 9.59. The zero-order valence-corrected chi connectivity index (χ0v) is 16.8. The number of halogens is 3. The minimum absolute atomic E-state index is 0.00627. The van der Waals surface area contributed by atoms with E-state index >= 15 is 0 Å². The third-order valence-corrected chi connectivity index (χ3v) is 4.80. The van der Waals surface area contributed by atoms with E-state index in [1.165, 1.54) is 12.4 Å². The zero-order valence-electron chi connectivity index (χ0n) is 14.4. The van der Waals surface area contributed by atoms with Crippen LogP contribution in [0.25, 0.3) is 0 Å². The maximum atomic E-state index is 14.0. The molecule has 0 spiro atoms. The van der Waals surface area contributed by atoms with Gasteiger partial charge in [-0.05, 0) is 36.8 Å². The van der Waals surface area contributed by atoms with Crippen molar-refractivity contribution in [1.82, 2.24) is 15.2 Å². The molecule has 0 saturated carbocycles. The molecule has 0 aliphatic carbocycles. The Morgan fingerprint density at radius 1 is 1.26 bits per heavy atom. The maximum Gasteiger partial charge on any atom is 0.218 e. The summed E-state index contributed by atoms with van der Waals surface area (Å²) < 4.78 is 26.2. The molecule has 0 aliphatic rings. The fourth-order valence-corrected chi connectivity index (χ4v) is 3.06. The zero-order chi connectivity index (χ0) is 19.2. The number of H-pyrrole nitrogens is 1. The van der Waals surface area contributed by atoms with E-state index in [0.29, 0.717) is 41.2 Å². The summed E-state index contributed by atoms with van der Waals surface area (Å²) in [6, 6.07) is 8.18. The summed E-state index contributed by atoms with van der Waals surface area (Å²) in [5.74, 6) is 1.20. The number of hydrogen-bond donors (Lipinski definition) is 2. The second-order valence-corrected chi connectivity index (χ2v) is 6.76. The summed E-state index contributed by atoms with van der Waals surface area (Å²) in [5, 5.41) is 9.96. The average Bonchev–Trinajstić information content (AvgIpc) is 3.16. The Bertz CT molecular complexity index is 888. The first-order valence-corrected chi connectivity index (χ1v) is 9.35. The first-order valence-electron chi connectivity index (χ1n) is 8.18. The highest BCUT2D eigenvalue weighted by Crippen LogP contribution is 2.35. The molecule has 1 heterocycles. The smallest absolute Gasteiger partial charge is 0.218 e. The molecular weight excluding hydrogens is 439 g/mol. The van der Waals surface area contributed by atoms with Crippen LogP contribution in [0.4, 0.5) is 10.3 Å². The Morgan fingerprint density at radius 2 is 2.07 bits per heavy atom. The van der Waals surface area contributed by atoms with E-state index < -0.39 is 5.82 Å². The van der Waals surface area contributed by atoms with E-state index in [2.05, 4.69) is 36.4 Å². The van der Waals surface area contributed by atoms with Crippen molar-refractivity contribution in [1.29, 1.82) is 0 Å². The van der Waals surface area contributed by atoms with Gasteiger partial charge in [-0.1, -0.05) is 33.6 Å². The van der Waals surface area contributed by atoms with Crippen LogP contribution < -0.4 is 14.8 Å². The van der Waals surface area contributed by atoms with Crippen molar-refractivity contribution in [2.75, 3.05) is 11.9 Å². The second kappa shape index (κ2) is 9.05. The van der Waals surface area contributed by atoms with Gasteiger partial charge in [0, 0.05) is 16.6 Å². The van der Waals surface area contributed by atoms with Crippen LogP contribution in [0.5, 0.6) is 11.5 Å². The number of aromatic amines is 1. The van der Waals surface area contributed by atoms with E-state index in [0.717, 1.165) is 10.0 Å². The van der Waals surface area contributed by atoms with Gasteiger partial charge in [0.25, 0.3) is 0 Å². The molecule has 0 amide bonds. The summed E-state index contributed by atoms with van der Waals surface area (Å²) in [4.78, 5) is 4.02. The number of rotatable bonds is 8. The Hall–Kier alpha value is -2.32. The molecule has 3 rings (SSSR count). The highest BCUT2D eigenvalue weighted by molar-refractivity contribution is 9.10. The number of nitrogens with one attached hydrogen (secondary N) is 2. The summed E-state index contributed by atoms with van der Waals surface area (Å²) in [6.07, 6.45) is 1.42. The van der Waals surface area contributed by atoms with E-state index in [9.17, 15) is 4.39 Å². The number of ether oxygens (including phenoxy) is 2.